The van der Waals surface area contributed by atoms with Crippen molar-refractivity contribution in [3.05, 3.63) is 22.3 Å². The molecule has 1 aromatic heterocycles. The van der Waals surface area contributed by atoms with E-state index in [1.165, 1.54) is 0 Å². The van der Waals surface area contributed by atoms with Crippen LogP contribution in [0.25, 0.3) is 10.4 Å². The fraction of sp³-hybridized carbons (Fsp3) is 0.800. The second-order valence-corrected chi connectivity index (χ2v) is 6.25. The molecule has 0 amide bonds. The Morgan fingerprint density at radius 2 is 1.68 bits per heavy atom. The SMILES string of the molecule is C#CCOCCN.CNCCOCCN=[N+]=[N-].CNCCOCCn1cc(COCCN)nn1. The molecule has 14 nitrogen and oxygen atoms in total. The van der Waals surface area contributed by atoms with Crippen LogP contribution < -0.4 is 22.1 Å². The Morgan fingerprint density at radius 3 is 2.26 bits per heavy atom. The summed E-state index contributed by atoms with van der Waals surface area (Å²) in [4.78, 5) is 2.58. The van der Waals surface area contributed by atoms with E-state index in [-0.39, 0.29) is 0 Å². The number of likely N-dealkylation sites (N-methyl/N-ethyl adjacent to an activating group) is 2. The van der Waals surface area contributed by atoms with E-state index in [2.05, 4.69) is 36.9 Å². The molecule has 0 saturated heterocycles. The average Bonchev–Trinajstić information content (AvgIpc) is 3.30. The molecule has 1 aromatic rings. The van der Waals surface area contributed by atoms with Crippen molar-refractivity contribution >= 4 is 0 Å². The number of nitrogens with two attached hydrogens (primary N) is 2. The van der Waals surface area contributed by atoms with Crippen molar-refractivity contribution in [3.8, 4) is 12.3 Å². The van der Waals surface area contributed by atoms with Gasteiger partial charge in [0.05, 0.1) is 59.0 Å². The maximum Gasteiger partial charge on any atom is 0.108 e. The molecule has 0 unspecified atom stereocenters. The Morgan fingerprint density at radius 1 is 1.03 bits per heavy atom. The van der Waals surface area contributed by atoms with Crippen LogP contribution in [0.15, 0.2) is 11.3 Å². The maximum absolute atomic E-state index is 7.86. The van der Waals surface area contributed by atoms with Gasteiger partial charge < -0.3 is 41.0 Å². The van der Waals surface area contributed by atoms with Crippen molar-refractivity contribution in [2.75, 3.05) is 93.1 Å². The topological polar surface area (TPSA) is 192 Å². The average molecular weight is 487 g/mol. The molecular formula is C20H42N10O4. The van der Waals surface area contributed by atoms with Crippen LogP contribution in [0.1, 0.15) is 5.69 Å². The molecule has 0 fully saturated rings. The van der Waals surface area contributed by atoms with Gasteiger partial charge in [0.2, 0.25) is 0 Å². The molecule has 0 aliphatic rings. The van der Waals surface area contributed by atoms with Crippen LogP contribution in [0.3, 0.4) is 0 Å². The molecule has 0 radical (unpaired) electrons. The third-order valence-corrected chi connectivity index (χ3v) is 3.40. The Balaban J connectivity index is 0. The zero-order valence-electron chi connectivity index (χ0n) is 20.5. The lowest BCUT2D eigenvalue weighted by molar-refractivity contribution is 0.124. The molecule has 0 aromatic carbocycles. The van der Waals surface area contributed by atoms with Gasteiger partial charge in [0.15, 0.2) is 0 Å². The van der Waals surface area contributed by atoms with Gasteiger partial charge in [0.25, 0.3) is 0 Å². The van der Waals surface area contributed by atoms with Gasteiger partial charge in [-0.2, -0.15) is 0 Å². The minimum Gasteiger partial charge on any atom is -0.380 e. The Labute approximate surface area is 202 Å². The highest BCUT2D eigenvalue weighted by molar-refractivity contribution is 4.89. The predicted molar refractivity (Wildman–Crippen MR) is 131 cm³/mol. The number of nitrogens with zero attached hydrogens (tertiary/aromatic N) is 6. The van der Waals surface area contributed by atoms with E-state index in [1.54, 1.807) is 4.68 Å². The highest BCUT2D eigenvalue weighted by atomic mass is 16.5. The molecule has 14 heteroatoms. The van der Waals surface area contributed by atoms with Crippen LogP contribution in [-0.4, -0.2) is 108 Å². The summed E-state index contributed by atoms with van der Waals surface area (Å²) in [5, 5.41) is 17.2. The number of ether oxygens (including phenoxy) is 4. The molecule has 0 atom stereocenters. The summed E-state index contributed by atoms with van der Waals surface area (Å²) < 4.78 is 22.2. The number of terminal acetylenes is 1. The number of hydrogen-bond acceptors (Lipinski definition) is 11. The Kier molecular flexibility index (Phi) is 30.6. The number of aromatic nitrogens is 3. The Bertz CT molecular complexity index is 621. The van der Waals surface area contributed by atoms with Crippen molar-refractivity contribution in [1.29, 1.82) is 0 Å². The fourth-order valence-corrected chi connectivity index (χ4v) is 1.85. The zero-order chi connectivity index (χ0) is 25.5. The van der Waals surface area contributed by atoms with Crippen molar-refractivity contribution in [3.63, 3.8) is 0 Å². The standard InChI is InChI=1S/C10H21N5O2.C5H12N4O.C5H9NO/c1-12-3-6-16-7-4-15-8-10(13-14-15)9-17-5-2-11;1-7-2-4-10-5-3-8-9-6;1-2-4-7-5-3-6/h8,12H,2-7,9,11H2,1H3;7H,2-5H2,1H3;1H,3-6H2. The van der Waals surface area contributed by atoms with E-state index >= 15 is 0 Å². The van der Waals surface area contributed by atoms with Gasteiger partial charge in [-0.15, -0.1) is 11.5 Å². The number of nitrogens with one attached hydrogen (secondary N) is 2. The third-order valence-electron chi connectivity index (χ3n) is 3.40. The number of azide groups is 1. The molecule has 0 bridgehead atoms. The summed E-state index contributed by atoms with van der Waals surface area (Å²) >= 11 is 0. The first kappa shape index (κ1) is 33.9. The molecular weight excluding hydrogens is 444 g/mol. The van der Waals surface area contributed by atoms with Gasteiger partial charge >= 0.3 is 0 Å². The maximum atomic E-state index is 7.86. The lowest BCUT2D eigenvalue weighted by Gasteiger charge is -2.02. The van der Waals surface area contributed by atoms with E-state index < -0.39 is 0 Å². The van der Waals surface area contributed by atoms with Crippen LogP contribution in [0, 0.1) is 12.3 Å². The minimum atomic E-state index is 0.372. The number of hydrogen-bond donors (Lipinski definition) is 4. The first-order valence-corrected chi connectivity index (χ1v) is 11.0. The van der Waals surface area contributed by atoms with Crippen LogP contribution in [0.2, 0.25) is 0 Å². The minimum absolute atomic E-state index is 0.372. The normalized spacial score (nSPS) is 9.74. The first-order valence-electron chi connectivity index (χ1n) is 11.0. The zero-order valence-corrected chi connectivity index (χ0v) is 20.5. The van der Waals surface area contributed by atoms with E-state index in [0.717, 1.165) is 18.8 Å². The summed E-state index contributed by atoms with van der Waals surface area (Å²) in [6.07, 6.45) is 6.71. The smallest absolute Gasteiger partial charge is 0.108 e. The van der Waals surface area contributed by atoms with Crippen LogP contribution in [0.4, 0.5) is 0 Å². The molecule has 34 heavy (non-hydrogen) atoms. The van der Waals surface area contributed by atoms with Crippen LogP contribution in [-0.2, 0) is 32.1 Å². The van der Waals surface area contributed by atoms with Crippen molar-refractivity contribution in [2.45, 2.75) is 13.2 Å². The van der Waals surface area contributed by atoms with Crippen molar-refractivity contribution < 1.29 is 18.9 Å². The summed E-state index contributed by atoms with van der Waals surface area (Å²) in [6, 6.07) is 0. The molecule has 1 rings (SSSR count). The first-order chi connectivity index (χ1) is 16.7. The molecule has 6 N–H and O–H groups in total. The summed E-state index contributed by atoms with van der Waals surface area (Å²) in [5.74, 6) is 2.32. The molecule has 1 heterocycles. The summed E-state index contributed by atoms with van der Waals surface area (Å²) in [7, 11) is 3.76. The lowest BCUT2D eigenvalue weighted by Crippen LogP contribution is -2.16. The second-order valence-electron chi connectivity index (χ2n) is 6.25. The molecule has 0 aliphatic carbocycles. The number of rotatable bonds is 19. The van der Waals surface area contributed by atoms with E-state index in [0.29, 0.717) is 79.0 Å². The van der Waals surface area contributed by atoms with E-state index in [4.69, 9.17) is 42.4 Å². The lowest BCUT2D eigenvalue weighted by atomic mass is 10.5. The van der Waals surface area contributed by atoms with Crippen LogP contribution >= 0.6 is 0 Å². The Hall–Kier alpha value is -2.31. The molecule has 196 valence electrons. The summed E-state index contributed by atoms with van der Waals surface area (Å²) in [5.41, 5.74) is 19.1. The summed E-state index contributed by atoms with van der Waals surface area (Å²) in [6.45, 7) is 8.31. The highest BCUT2D eigenvalue weighted by Gasteiger charge is 2.00. The van der Waals surface area contributed by atoms with Gasteiger partial charge in [-0.05, 0) is 19.6 Å². The van der Waals surface area contributed by atoms with Gasteiger partial charge in [0, 0.05) is 37.6 Å². The second kappa shape index (κ2) is 30.7. The molecule has 0 spiro atoms. The van der Waals surface area contributed by atoms with Gasteiger partial charge in [0.1, 0.15) is 12.3 Å². The molecule has 0 aliphatic heterocycles. The third kappa shape index (κ3) is 27.7. The van der Waals surface area contributed by atoms with E-state index in [1.807, 2.05) is 20.3 Å². The predicted octanol–water partition coefficient (Wildman–Crippen LogP) is -0.883. The van der Waals surface area contributed by atoms with Gasteiger partial charge in [-0.3, -0.25) is 0 Å². The monoisotopic (exact) mass is 486 g/mol. The van der Waals surface area contributed by atoms with Crippen molar-refractivity contribution in [1.82, 2.24) is 25.6 Å². The van der Waals surface area contributed by atoms with Crippen molar-refractivity contribution in [2.24, 2.45) is 16.6 Å². The largest absolute Gasteiger partial charge is 0.380 e. The van der Waals surface area contributed by atoms with Crippen LogP contribution in [0.5, 0.6) is 0 Å². The fourth-order valence-electron chi connectivity index (χ4n) is 1.85. The highest BCUT2D eigenvalue weighted by Crippen LogP contribution is 1.95. The molecule has 0 saturated carbocycles. The van der Waals surface area contributed by atoms with Gasteiger partial charge in [-0.1, -0.05) is 16.2 Å². The van der Waals surface area contributed by atoms with E-state index in [9.17, 15) is 0 Å². The quantitative estimate of drug-likeness (QED) is 0.0627. The van der Waals surface area contributed by atoms with Gasteiger partial charge in [-0.25, -0.2) is 4.68 Å².